The fraction of sp³-hybridized carbons (Fsp3) is 0.0435. The molecule has 0 fully saturated rings. The highest BCUT2D eigenvalue weighted by molar-refractivity contribution is 9.10. The van der Waals surface area contributed by atoms with Crippen LogP contribution in [0, 0.1) is 0 Å². The summed E-state index contributed by atoms with van der Waals surface area (Å²) in [7, 11) is 0. The molecule has 0 saturated carbocycles. The number of hydrogen-bond donors (Lipinski definition) is 1. The Balaban J connectivity index is 1.83. The first-order valence-corrected chi connectivity index (χ1v) is 11.6. The molecule has 6 heteroatoms. The van der Waals surface area contributed by atoms with Crippen LogP contribution in [0.3, 0.4) is 0 Å². The van der Waals surface area contributed by atoms with Crippen molar-refractivity contribution in [1.82, 2.24) is 9.97 Å². The maximum Gasteiger partial charge on any atom is 0.200 e. The Morgan fingerprint density at radius 2 is 1.62 bits per heavy atom. The Labute approximate surface area is 187 Å². The number of hydrogen-bond acceptors (Lipinski definition) is 3. The second-order valence-corrected chi connectivity index (χ2v) is 9.56. The number of aromatic amines is 1. The van der Waals surface area contributed by atoms with Crippen molar-refractivity contribution < 1.29 is 0 Å². The SMILES string of the molecule is O=c1c2cc(Br)ccc2[nH]c2nc3ccc(Br)cc3c(SCc3ccccc3)c12. The van der Waals surface area contributed by atoms with Crippen molar-refractivity contribution >= 4 is 76.5 Å². The van der Waals surface area contributed by atoms with E-state index in [1.807, 2.05) is 54.6 Å². The monoisotopic (exact) mass is 524 g/mol. The van der Waals surface area contributed by atoms with E-state index in [1.165, 1.54) is 5.56 Å². The maximum atomic E-state index is 13.5. The van der Waals surface area contributed by atoms with Crippen LogP contribution in [0.2, 0.25) is 0 Å². The molecule has 0 aliphatic rings. The van der Waals surface area contributed by atoms with E-state index >= 15 is 0 Å². The lowest BCUT2D eigenvalue weighted by atomic mass is 10.1. The summed E-state index contributed by atoms with van der Waals surface area (Å²) in [4.78, 5) is 22.6. The number of pyridine rings is 2. The van der Waals surface area contributed by atoms with Gasteiger partial charge in [0.15, 0.2) is 5.43 Å². The van der Waals surface area contributed by atoms with Gasteiger partial charge in [0, 0.05) is 30.4 Å². The van der Waals surface area contributed by atoms with Gasteiger partial charge in [-0.3, -0.25) is 4.79 Å². The molecule has 0 amide bonds. The number of nitrogens with zero attached hydrogens (tertiary/aromatic N) is 1. The molecule has 0 saturated heterocycles. The van der Waals surface area contributed by atoms with E-state index in [0.29, 0.717) is 16.4 Å². The molecule has 2 heterocycles. The maximum absolute atomic E-state index is 13.5. The minimum absolute atomic E-state index is 0.0000119. The van der Waals surface area contributed by atoms with E-state index < -0.39 is 0 Å². The standard InChI is InChI=1S/C23H14Br2N2OS/c24-14-6-8-18-16(10-14)21(28)20-22(29-12-13-4-2-1-3-5-13)17-11-15(25)7-9-19(17)27-23(20)26-18/h1-11H,12H2,(H,26,27,28). The second kappa shape index (κ2) is 7.59. The Kier molecular flexibility index (Phi) is 4.94. The normalized spacial score (nSPS) is 11.5. The fourth-order valence-electron chi connectivity index (χ4n) is 3.46. The van der Waals surface area contributed by atoms with Crippen LogP contribution >= 0.6 is 43.6 Å². The quantitative estimate of drug-likeness (QED) is 0.203. The van der Waals surface area contributed by atoms with Crippen LogP contribution in [0.25, 0.3) is 32.8 Å². The summed E-state index contributed by atoms with van der Waals surface area (Å²) in [6.45, 7) is 0. The predicted octanol–water partition coefficient (Wildman–Crippen LogP) is 7.05. The number of benzene rings is 3. The molecule has 0 aliphatic heterocycles. The van der Waals surface area contributed by atoms with Crippen LogP contribution in [0.4, 0.5) is 0 Å². The summed E-state index contributed by atoms with van der Waals surface area (Å²) in [5.41, 5.74) is 3.48. The highest BCUT2D eigenvalue weighted by atomic mass is 79.9. The summed E-state index contributed by atoms with van der Waals surface area (Å²) in [6.07, 6.45) is 0. The molecule has 0 bridgehead atoms. The van der Waals surface area contributed by atoms with Gasteiger partial charge in [0.1, 0.15) is 5.65 Å². The van der Waals surface area contributed by atoms with Crippen LogP contribution < -0.4 is 5.43 Å². The first-order chi connectivity index (χ1) is 14.1. The molecule has 5 rings (SSSR count). The van der Waals surface area contributed by atoms with Crippen LogP contribution in [0.5, 0.6) is 0 Å². The summed E-state index contributed by atoms with van der Waals surface area (Å²) in [5, 5.41) is 2.28. The van der Waals surface area contributed by atoms with Crippen molar-refractivity contribution in [3.63, 3.8) is 0 Å². The molecule has 1 N–H and O–H groups in total. The molecule has 3 aromatic carbocycles. The average molecular weight is 526 g/mol. The molecular weight excluding hydrogens is 512 g/mol. The minimum atomic E-state index is -0.0000119. The van der Waals surface area contributed by atoms with Crippen molar-refractivity contribution in [1.29, 1.82) is 0 Å². The van der Waals surface area contributed by atoms with Gasteiger partial charge in [-0.2, -0.15) is 0 Å². The number of nitrogens with one attached hydrogen (secondary N) is 1. The largest absolute Gasteiger partial charge is 0.339 e. The molecule has 3 nitrogen and oxygen atoms in total. The van der Waals surface area contributed by atoms with Gasteiger partial charge in [-0.25, -0.2) is 4.98 Å². The zero-order chi connectivity index (χ0) is 20.0. The van der Waals surface area contributed by atoms with E-state index in [9.17, 15) is 4.79 Å². The van der Waals surface area contributed by atoms with Crippen molar-refractivity contribution in [3.05, 3.63) is 91.5 Å². The molecule has 0 radical (unpaired) electrons. The van der Waals surface area contributed by atoms with Crippen LogP contribution in [-0.4, -0.2) is 9.97 Å². The van der Waals surface area contributed by atoms with Gasteiger partial charge in [-0.05, 0) is 42.0 Å². The molecule has 0 spiro atoms. The lowest BCUT2D eigenvalue weighted by molar-refractivity contribution is 1.33. The molecule has 0 unspecified atom stereocenters. The van der Waals surface area contributed by atoms with Crippen molar-refractivity contribution in [2.24, 2.45) is 0 Å². The second-order valence-electron chi connectivity index (χ2n) is 6.74. The summed E-state index contributed by atoms with van der Waals surface area (Å²) in [5.74, 6) is 0.775. The molecule has 2 aromatic heterocycles. The van der Waals surface area contributed by atoms with Gasteiger partial charge < -0.3 is 4.98 Å². The predicted molar refractivity (Wildman–Crippen MR) is 129 cm³/mol. The Morgan fingerprint density at radius 3 is 2.41 bits per heavy atom. The number of halogens is 2. The minimum Gasteiger partial charge on any atom is -0.339 e. The molecular formula is C23H14Br2N2OS. The van der Waals surface area contributed by atoms with Crippen molar-refractivity contribution in [2.75, 3.05) is 0 Å². The molecule has 0 aliphatic carbocycles. The molecule has 5 aromatic rings. The van der Waals surface area contributed by atoms with Gasteiger partial charge in [0.2, 0.25) is 0 Å². The van der Waals surface area contributed by atoms with Gasteiger partial charge in [-0.15, -0.1) is 11.8 Å². The van der Waals surface area contributed by atoms with Gasteiger partial charge in [0.25, 0.3) is 0 Å². The van der Waals surface area contributed by atoms with Crippen molar-refractivity contribution in [2.45, 2.75) is 10.6 Å². The van der Waals surface area contributed by atoms with Gasteiger partial charge in [-0.1, -0.05) is 62.2 Å². The van der Waals surface area contributed by atoms with Gasteiger partial charge >= 0.3 is 0 Å². The van der Waals surface area contributed by atoms with Crippen LogP contribution in [0.15, 0.2) is 85.4 Å². The fourth-order valence-corrected chi connectivity index (χ4v) is 5.34. The lowest BCUT2D eigenvalue weighted by Gasteiger charge is -2.12. The van der Waals surface area contributed by atoms with Crippen molar-refractivity contribution in [3.8, 4) is 0 Å². The van der Waals surface area contributed by atoms with Crippen LogP contribution in [0.1, 0.15) is 5.56 Å². The summed E-state index contributed by atoms with van der Waals surface area (Å²) >= 11 is 8.72. The zero-order valence-electron chi connectivity index (χ0n) is 15.1. The van der Waals surface area contributed by atoms with E-state index in [0.717, 1.165) is 36.0 Å². The number of thioether (sulfide) groups is 1. The molecule has 0 atom stereocenters. The van der Waals surface area contributed by atoms with Crippen LogP contribution in [-0.2, 0) is 5.75 Å². The number of rotatable bonds is 3. The van der Waals surface area contributed by atoms with Gasteiger partial charge in [0.05, 0.1) is 16.4 Å². The highest BCUT2D eigenvalue weighted by Gasteiger charge is 2.16. The van der Waals surface area contributed by atoms with E-state index in [4.69, 9.17) is 4.98 Å². The third-order valence-electron chi connectivity index (χ3n) is 4.83. The number of H-pyrrole nitrogens is 1. The Morgan fingerprint density at radius 1 is 0.897 bits per heavy atom. The first-order valence-electron chi connectivity index (χ1n) is 9.01. The molecule has 29 heavy (non-hydrogen) atoms. The smallest absolute Gasteiger partial charge is 0.200 e. The van der Waals surface area contributed by atoms with E-state index in [-0.39, 0.29) is 5.43 Å². The lowest BCUT2D eigenvalue weighted by Crippen LogP contribution is -2.07. The Hall–Kier alpha value is -2.15. The topological polar surface area (TPSA) is 45.8 Å². The number of fused-ring (bicyclic) bond motifs is 3. The average Bonchev–Trinajstić information content (AvgIpc) is 2.73. The zero-order valence-corrected chi connectivity index (χ0v) is 19.1. The Bertz CT molecular complexity index is 1440. The summed E-state index contributed by atoms with van der Waals surface area (Å²) in [6, 6.07) is 22.0. The third kappa shape index (κ3) is 3.50. The third-order valence-corrected chi connectivity index (χ3v) is 7.01. The van der Waals surface area contributed by atoms with E-state index in [1.54, 1.807) is 11.8 Å². The molecule has 142 valence electrons. The van der Waals surface area contributed by atoms with E-state index in [2.05, 4.69) is 49.0 Å². The first kappa shape index (κ1) is 18.9. The highest BCUT2D eigenvalue weighted by Crippen LogP contribution is 2.36. The number of aromatic nitrogens is 2. The summed E-state index contributed by atoms with van der Waals surface area (Å²) < 4.78 is 1.84.